The summed E-state index contributed by atoms with van der Waals surface area (Å²) in [6.45, 7) is 2.51. The quantitative estimate of drug-likeness (QED) is 0.759. The Balaban J connectivity index is 1.52. The van der Waals surface area contributed by atoms with Crippen LogP contribution in [0.4, 0.5) is 14.6 Å². The van der Waals surface area contributed by atoms with Gasteiger partial charge in [0.25, 0.3) is 5.91 Å². The third-order valence-electron chi connectivity index (χ3n) is 3.93. The Morgan fingerprint density at radius 1 is 1.30 bits per heavy atom. The number of hydrogen-bond acceptors (Lipinski definition) is 5. The fourth-order valence-corrected chi connectivity index (χ4v) is 2.79. The molecule has 1 amide bonds. The van der Waals surface area contributed by atoms with E-state index in [0.29, 0.717) is 49.3 Å². The highest BCUT2D eigenvalue weighted by molar-refractivity contribution is 6.33. The molecule has 1 aromatic heterocycles. The molecule has 1 aliphatic rings. The summed E-state index contributed by atoms with van der Waals surface area (Å²) in [5, 5.41) is 3.24. The summed E-state index contributed by atoms with van der Waals surface area (Å²) in [5.41, 5.74) is 0.400. The van der Waals surface area contributed by atoms with Crippen LogP contribution in [-0.4, -0.2) is 55.2 Å². The van der Waals surface area contributed by atoms with Crippen molar-refractivity contribution in [1.82, 2.24) is 9.88 Å². The summed E-state index contributed by atoms with van der Waals surface area (Å²) in [6.07, 6.45) is 1.45. The zero-order valence-electron chi connectivity index (χ0n) is 14.4. The first-order valence-electron chi connectivity index (χ1n) is 8.39. The Morgan fingerprint density at radius 3 is 2.78 bits per heavy atom. The van der Waals surface area contributed by atoms with E-state index in [4.69, 9.17) is 21.1 Å². The molecule has 27 heavy (non-hydrogen) atoms. The van der Waals surface area contributed by atoms with Crippen LogP contribution >= 0.6 is 11.6 Å². The molecule has 9 heteroatoms. The monoisotopic (exact) mass is 397 g/mol. The van der Waals surface area contributed by atoms with Gasteiger partial charge in [-0.15, -0.1) is 0 Å². The number of pyridine rings is 1. The normalized spacial score (nSPS) is 14.1. The SMILES string of the molecule is O=C(c1cnc(NCCOc2ccc(F)cc2F)c(Cl)c1)N1CCOCC1. The molecule has 3 rings (SSSR count). The number of amides is 1. The van der Waals surface area contributed by atoms with Crippen molar-refractivity contribution in [3.63, 3.8) is 0 Å². The highest BCUT2D eigenvalue weighted by Gasteiger charge is 2.19. The van der Waals surface area contributed by atoms with Crippen molar-refractivity contribution >= 4 is 23.3 Å². The minimum atomic E-state index is -0.767. The Labute approximate surface area is 160 Å². The highest BCUT2D eigenvalue weighted by atomic mass is 35.5. The third kappa shape index (κ3) is 5.05. The van der Waals surface area contributed by atoms with Crippen molar-refractivity contribution in [1.29, 1.82) is 0 Å². The summed E-state index contributed by atoms with van der Waals surface area (Å²) >= 11 is 6.19. The van der Waals surface area contributed by atoms with Crippen LogP contribution in [0.2, 0.25) is 5.02 Å². The molecular weight excluding hydrogens is 380 g/mol. The predicted molar refractivity (Wildman–Crippen MR) is 96.3 cm³/mol. The van der Waals surface area contributed by atoms with Crippen LogP contribution in [0.25, 0.3) is 0 Å². The molecule has 0 unspecified atom stereocenters. The number of nitrogens with zero attached hydrogens (tertiary/aromatic N) is 2. The second-order valence-corrected chi connectivity index (χ2v) is 6.22. The van der Waals surface area contributed by atoms with Crippen molar-refractivity contribution in [3.8, 4) is 5.75 Å². The predicted octanol–water partition coefficient (Wildman–Crippen LogP) is 2.98. The van der Waals surface area contributed by atoms with Gasteiger partial charge in [0.1, 0.15) is 18.2 Å². The van der Waals surface area contributed by atoms with E-state index in [1.54, 1.807) is 11.0 Å². The highest BCUT2D eigenvalue weighted by Crippen LogP contribution is 2.21. The van der Waals surface area contributed by atoms with Gasteiger partial charge in [-0.05, 0) is 18.2 Å². The summed E-state index contributed by atoms with van der Waals surface area (Å²) < 4.78 is 36.8. The van der Waals surface area contributed by atoms with E-state index >= 15 is 0 Å². The van der Waals surface area contributed by atoms with Gasteiger partial charge in [-0.3, -0.25) is 4.79 Å². The maximum Gasteiger partial charge on any atom is 0.255 e. The maximum absolute atomic E-state index is 13.5. The first-order chi connectivity index (χ1) is 13.0. The minimum Gasteiger partial charge on any atom is -0.489 e. The lowest BCUT2D eigenvalue weighted by Gasteiger charge is -2.26. The number of nitrogens with one attached hydrogen (secondary N) is 1. The van der Waals surface area contributed by atoms with Crippen LogP contribution < -0.4 is 10.1 Å². The Bertz CT molecular complexity index is 816. The number of carbonyl (C=O) groups excluding carboxylic acids is 1. The number of ether oxygens (including phenoxy) is 2. The molecule has 1 aromatic carbocycles. The average molecular weight is 398 g/mol. The standard InChI is InChI=1S/C18H18ClF2N3O3/c19-14-9-12(18(25)24-4-7-26-8-5-24)11-23-17(14)22-3-6-27-16-2-1-13(20)10-15(16)21/h1-2,9-11H,3-8H2,(H,22,23). The number of morpholine rings is 1. The molecule has 0 radical (unpaired) electrons. The van der Waals surface area contributed by atoms with Gasteiger partial charge in [0.2, 0.25) is 0 Å². The Kier molecular flexibility index (Phi) is 6.41. The van der Waals surface area contributed by atoms with Gasteiger partial charge >= 0.3 is 0 Å². The zero-order valence-corrected chi connectivity index (χ0v) is 15.1. The second-order valence-electron chi connectivity index (χ2n) is 5.81. The molecular formula is C18H18ClF2N3O3. The van der Waals surface area contributed by atoms with Crippen molar-refractivity contribution in [2.75, 3.05) is 44.8 Å². The molecule has 144 valence electrons. The lowest BCUT2D eigenvalue weighted by Crippen LogP contribution is -2.40. The number of rotatable bonds is 6. The van der Waals surface area contributed by atoms with Crippen molar-refractivity contribution < 1.29 is 23.0 Å². The molecule has 0 saturated carbocycles. The summed E-state index contributed by atoms with van der Waals surface area (Å²) in [6, 6.07) is 4.65. The third-order valence-corrected chi connectivity index (χ3v) is 4.22. The van der Waals surface area contributed by atoms with Crippen LogP contribution in [0.15, 0.2) is 30.5 Å². The Morgan fingerprint density at radius 2 is 2.07 bits per heavy atom. The molecule has 0 bridgehead atoms. The number of hydrogen-bond donors (Lipinski definition) is 1. The molecule has 1 fully saturated rings. The fraction of sp³-hybridized carbons (Fsp3) is 0.333. The van der Waals surface area contributed by atoms with E-state index in [1.165, 1.54) is 12.3 Å². The van der Waals surface area contributed by atoms with Crippen molar-refractivity contribution in [3.05, 3.63) is 52.7 Å². The second kappa shape index (κ2) is 8.96. The molecule has 2 aromatic rings. The maximum atomic E-state index is 13.5. The van der Waals surface area contributed by atoms with Gasteiger partial charge < -0.3 is 19.7 Å². The van der Waals surface area contributed by atoms with Gasteiger partial charge in [-0.2, -0.15) is 0 Å². The van der Waals surface area contributed by atoms with E-state index in [9.17, 15) is 13.6 Å². The molecule has 0 spiro atoms. The minimum absolute atomic E-state index is 0.0382. The molecule has 2 heterocycles. The first-order valence-corrected chi connectivity index (χ1v) is 8.76. The van der Waals surface area contributed by atoms with Gasteiger partial charge in [-0.25, -0.2) is 13.8 Å². The van der Waals surface area contributed by atoms with Crippen LogP contribution in [0, 0.1) is 11.6 Å². The molecule has 1 saturated heterocycles. The van der Waals surface area contributed by atoms with E-state index in [0.717, 1.165) is 12.1 Å². The largest absolute Gasteiger partial charge is 0.489 e. The van der Waals surface area contributed by atoms with Crippen LogP contribution in [0.1, 0.15) is 10.4 Å². The lowest BCUT2D eigenvalue weighted by atomic mass is 10.2. The molecule has 1 N–H and O–H groups in total. The van der Waals surface area contributed by atoms with E-state index < -0.39 is 11.6 Å². The van der Waals surface area contributed by atoms with Gasteiger partial charge in [0.05, 0.1) is 30.3 Å². The van der Waals surface area contributed by atoms with E-state index in [1.807, 2.05) is 0 Å². The number of aromatic nitrogens is 1. The van der Waals surface area contributed by atoms with Crippen molar-refractivity contribution in [2.24, 2.45) is 0 Å². The van der Waals surface area contributed by atoms with Crippen LogP contribution in [0.3, 0.4) is 0 Å². The smallest absolute Gasteiger partial charge is 0.255 e. The molecule has 0 aliphatic carbocycles. The van der Waals surface area contributed by atoms with Crippen LogP contribution in [-0.2, 0) is 4.74 Å². The lowest BCUT2D eigenvalue weighted by molar-refractivity contribution is 0.0302. The van der Waals surface area contributed by atoms with Gasteiger partial charge in [-0.1, -0.05) is 11.6 Å². The zero-order chi connectivity index (χ0) is 19.2. The summed E-state index contributed by atoms with van der Waals surface area (Å²) in [7, 11) is 0. The molecule has 0 atom stereocenters. The van der Waals surface area contributed by atoms with Crippen LogP contribution in [0.5, 0.6) is 5.75 Å². The van der Waals surface area contributed by atoms with Crippen molar-refractivity contribution in [2.45, 2.75) is 0 Å². The molecule has 6 nitrogen and oxygen atoms in total. The average Bonchev–Trinajstić information content (AvgIpc) is 2.67. The Hall–Kier alpha value is -2.45. The first kappa shape index (κ1) is 19.3. The van der Waals surface area contributed by atoms with E-state index in [-0.39, 0.29) is 18.3 Å². The van der Waals surface area contributed by atoms with Gasteiger partial charge in [0, 0.05) is 25.4 Å². The summed E-state index contributed by atoms with van der Waals surface area (Å²) in [4.78, 5) is 18.3. The summed E-state index contributed by atoms with van der Waals surface area (Å²) in [5.74, 6) is -1.23. The molecule has 1 aliphatic heterocycles. The van der Waals surface area contributed by atoms with Gasteiger partial charge in [0.15, 0.2) is 11.6 Å². The number of carbonyl (C=O) groups is 1. The number of halogens is 3. The van der Waals surface area contributed by atoms with E-state index in [2.05, 4.69) is 10.3 Å². The topological polar surface area (TPSA) is 63.7 Å². The number of anilines is 1. The number of benzene rings is 1. The fourth-order valence-electron chi connectivity index (χ4n) is 2.56.